The van der Waals surface area contributed by atoms with E-state index in [-0.39, 0.29) is 11.7 Å². The molecule has 0 N–H and O–H groups in total. The molecule has 4 heterocycles. The Morgan fingerprint density at radius 3 is 2.84 bits per heavy atom. The lowest BCUT2D eigenvalue weighted by Gasteiger charge is -2.49. The Hall–Kier alpha value is -2.77. The summed E-state index contributed by atoms with van der Waals surface area (Å²) in [7, 11) is 0. The second-order valence-corrected chi connectivity index (χ2v) is 9.23. The zero-order valence-electron chi connectivity index (χ0n) is 18.9. The normalized spacial score (nSPS) is 20.2. The minimum absolute atomic E-state index is 0.145. The predicted octanol–water partition coefficient (Wildman–Crippen LogP) is 4.01. The summed E-state index contributed by atoms with van der Waals surface area (Å²) < 4.78 is 13.9. The molecule has 2 aliphatic heterocycles. The molecule has 0 saturated carbocycles. The number of anilines is 1. The van der Waals surface area contributed by atoms with Gasteiger partial charge in [0.05, 0.1) is 31.1 Å². The summed E-state index contributed by atoms with van der Waals surface area (Å²) in [6, 6.07) is 12.5. The minimum atomic E-state index is -0.145. The van der Waals surface area contributed by atoms with Crippen LogP contribution in [0, 0.1) is 6.92 Å². The Bertz CT molecular complexity index is 1040. The van der Waals surface area contributed by atoms with Crippen LogP contribution in [0.25, 0.3) is 11.3 Å². The maximum atomic E-state index is 6.16. The number of aryl methyl sites for hydroxylation is 1. The molecule has 0 amide bonds. The zero-order valence-corrected chi connectivity index (χ0v) is 18.9. The second-order valence-electron chi connectivity index (χ2n) is 9.23. The third kappa shape index (κ3) is 4.69. The van der Waals surface area contributed by atoms with Gasteiger partial charge in [0.25, 0.3) is 0 Å². The molecule has 2 aliphatic rings. The molecule has 7 nitrogen and oxygen atoms in total. The van der Waals surface area contributed by atoms with E-state index >= 15 is 0 Å². The van der Waals surface area contributed by atoms with E-state index in [0.717, 1.165) is 56.0 Å². The van der Waals surface area contributed by atoms with Crippen LogP contribution in [-0.2, 0) is 22.6 Å². The maximum absolute atomic E-state index is 6.16. The van der Waals surface area contributed by atoms with Crippen LogP contribution in [0.3, 0.4) is 0 Å². The number of ether oxygens (including phenoxy) is 2. The number of hydrogen-bond donors (Lipinski definition) is 0. The number of hydrogen-bond acceptors (Lipinski definition) is 6. The predicted molar refractivity (Wildman–Crippen MR) is 123 cm³/mol. The van der Waals surface area contributed by atoms with E-state index in [1.54, 1.807) is 6.20 Å². The third-order valence-electron chi connectivity index (χ3n) is 6.40. The van der Waals surface area contributed by atoms with Gasteiger partial charge in [-0.2, -0.15) is 0 Å². The fraction of sp³-hybridized carbons (Fsp3) is 0.480. The Labute approximate surface area is 189 Å². The average Bonchev–Trinajstić information content (AvgIpc) is 3.25. The molecule has 0 spiro atoms. The van der Waals surface area contributed by atoms with E-state index in [1.165, 1.54) is 17.7 Å². The number of aromatic nitrogens is 4. The Morgan fingerprint density at radius 2 is 2.09 bits per heavy atom. The van der Waals surface area contributed by atoms with Crippen LogP contribution in [0.5, 0.6) is 0 Å². The highest BCUT2D eigenvalue weighted by molar-refractivity contribution is 5.67. The molecule has 0 radical (unpaired) electrons. The summed E-state index contributed by atoms with van der Waals surface area (Å²) in [5.41, 5.74) is 5.28. The average molecular weight is 434 g/mol. The van der Waals surface area contributed by atoms with Crippen LogP contribution >= 0.6 is 0 Å². The van der Waals surface area contributed by atoms with Crippen molar-refractivity contribution in [3.63, 3.8) is 0 Å². The van der Waals surface area contributed by atoms with Crippen molar-refractivity contribution in [2.45, 2.75) is 58.0 Å². The molecule has 3 aromatic rings. The van der Waals surface area contributed by atoms with Gasteiger partial charge in [-0.05, 0) is 62.9 Å². The lowest BCUT2D eigenvalue weighted by atomic mass is 9.94. The van der Waals surface area contributed by atoms with Crippen molar-refractivity contribution in [3.05, 3.63) is 60.0 Å². The first kappa shape index (κ1) is 21.1. The van der Waals surface area contributed by atoms with Gasteiger partial charge in [-0.25, -0.2) is 4.68 Å². The molecule has 168 valence electrons. The van der Waals surface area contributed by atoms with E-state index < -0.39 is 0 Å². The Kier molecular flexibility index (Phi) is 5.93. The van der Waals surface area contributed by atoms with Gasteiger partial charge in [0.1, 0.15) is 11.3 Å². The molecule has 2 aromatic heterocycles. The monoisotopic (exact) mass is 433 g/mol. The maximum Gasteiger partial charge on any atom is 0.113 e. The van der Waals surface area contributed by atoms with E-state index in [9.17, 15) is 0 Å². The van der Waals surface area contributed by atoms with Crippen molar-refractivity contribution in [1.29, 1.82) is 0 Å². The molecule has 1 unspecified atom stereocenters. The SMILES string of the molecule is Cc1cc(N2CC(C)(OCc3ccccn3)C2)ccc1-c1cn(CC2CCCCO2)nn1. The first-order valence-corrected chi connectivity index (χ1v) is 11.5. The van der Waals surface area contributed by atoms with Gasteiger partial charge in [0.15, 0.2) is 0 Å². The fourth-order valence-corrected chi connectivity index (χ4v) is 4.57. The highest BCUT2D eigenvalue weighted by atomic mass is 16.5. The van der Waals surface area contributed by atoms with Crippen molar-refractivity contribution in [1.82, 2.24) is 20.0 Å². The standard InChI is InChI=1S/C25H31N5O2/c1-19-13-21(29-17-25(2,18-29)32-16-20-7-3-5-11-26-20)9-10-23(19)24-15-30(28-27-24)14-22-8-4-6-12-31-22/h3,5,7,9-11,13,15,22H,4,6,8,12,14,16-18H2,1-2H3. The molecular weight excluding hydrogens is 402 g/mol. The molecule has 0 bridgehead atoms. The first-order chi connectivity index (χ1) is 15.6. The molecule has 2 saturated heterocycles. The van der Waals surface area contributed by atoms with E-state index in [2.05, 4.69) is 52.2 Å². The molecular formula is C25H31N5O2. The van der Waals surface area contributed by atoms with Crippen LogP contribution in [-0.4, -0.2) is 51.4 Å². The molecule has 1 aromatic carbocycles. The van der Waals surface area contributed by atoms with Crippen LogP contribution in [0.15, 0.2) is 48.8 Å². The molecule has 5 rings (SSSR count). The number of rotatable bonds is 7. The topological polar surface area (TPSA) is 65.3 Å². The fourth-order valence-electron chi connectivity index (χ4n) is 4.57. The molecule has 32 heavy (non-hydrogen) atoms. The van der Waals surface area contributed by atoms with Crippen molar-refractivity contribution < 1.29 is 9.47 Å². The third-order valence-corrected chi connectivity index (χ3v) is 6.40. The summed E-state index contributed by atoms with van der Waals surface area (Å²) >= 11 is 0. The molecule has 0 aliphatic carbocycles. The quantitative estimate of drug-likeness (QED) is 0.561. The first-order valence-electron chi connectivity index (χ1n) is 11.5. The molecule has 2 fully saturated rings. The molecule has 1 atom stereocenters. The largest absolute Gasteiger partial charge is 0.376 e. The van der Waals surface area contributed by atoms with Crippen molar-refractivity contribution in [3.8, 4) is 11.3 Å². The Morgan fingerprint density at radius 1 is 1.19 bits per heavy atom. The lowest BCUT2D eigenvalue weighted by molar-refractivity contribution is -0.0627. The lowest BCUT2D eigenvalue weighted by Crippen LogP contribution is -2.61. The zero-order chi connectivity index (χ0) is 22.0. The van der Waals surface area contributed by atoms with Crippen LogP contribution in [0.1, 0.15) is 37.4 Å². The highest BCUT2D eigenvalue weighted by Crippen LogP contribution is 2.33. The number of benzene rings is 1. The number of nitrogens with zero attached hydrogens (tertiary/aromatic N) is 5. The number of pyridine rings is 1. The van der Waals surface area contributed by atoms with Gasteiger partial charge in [0, 0.05) is 37.1 Å². The molecule has 7 heteroatoms. The van der Waals surface area contributed by atoms with Crippen LogP contribution in [0.4, 0.5) is 5.69 Å². The van der Waals surface area contributed by atoms with Crippen LogP contribution < -0.4 is 4.90 Å². The smallest absolute Gasteiger partial charge is 0.113 e. The summed E-state index contributed by atoms with van der Waals surface area (Å²) in [6.07, 6.45) is 7.59. The van der Waals surface area contributed by atoms with Gasteiger partial charge in [-0.15, -0.1) is 5.10 Å². The van der Waals surface area contributed by atoms with Gasteiger partial charge in [-0.3, -0.25) is 4.98 Å². The second kappa shape index (κ2) is 9.00. The van der Waals surface area contributed by atoms with Gasteiger partial charge >= 0.3 is 0 Å². The summed E-state index contributed by atoms with van der Waals surface area (Å²) in [5.74, 6) is 0. The van der Waals surface area contributed by atoms with Crippen molar-refractivity contribution in [2.24, 2.45) is 0 Å². The summed E-state index contributed by atoms with van der Waals surface area (Å²) in [4.78, 5) is 6.70. The van der Waals surface area contributed by atoms with Crippen molar-refractivity contribution in [2.75, 3.05) is 24.6 Å². The van der Waals surface area contributed by atoms with Crippen LogP contribution in [0.2, 0.25) is 0 Å². The highest BCUT2D eigenvalue weighted by Gasteiger charge is 2.40. The summed E-state index contributed by atoms with van der Waals surface area (Å²) in [6.45, 7) is 8.23. The minimum Gasteiger partial charge on any atom is -0.376 e. The van der Waals surface area contributed by atoms with Crippen molar-refractivity contribution >= 4 is 5.69 Å². The van der Waals surface area contributed by atoms with E-state index in [1.807, 2.05) is 29.1 Å². The van der Waals surface area contributed by atoms with E-state index in [0.29, 0.717) is 6.61 Å². The Balaban J connectivity index is 1.19. The van der Waals surface area contributed by atoms with Gasteiger partial charge in [0.2, 0.25) is 0 Å². The van der Waals surface area contributed by atoms with Gasteiger partial charge in [-0.1, -0.05) is 17.3 Å². The van der Waals surface area contributed by atoms with Gasteiger partial charge < -0.3 is 14.4 Å². The van der Waals surface area contributed by atoms with E-state index in [4.69, 9.17) is 9.47 Å². The summed E-state index contributed by atoms with van der Waals surface area (Å²) in [5, 5.41) is 8.75.